The quantitative estimate of drug-likeness (QED) is 0.138. The SMILES string of the molecule is O=C1N[C@H]2CSC(CCCCC(=O)ON3C(=O)[CH-]CC3=O)[C@H]2N1.O=S(=O)=O.[Na+]. The van der Waals surface area contributed by atoms with Crippen LogP contribution >= 0.6 is 11.8 Å². The summed E-state index contributed by atoms with van der Waals surface area (Å²) >= 11 is 1.83. The van der Waals surface area contributed by atoms with Crippen molar-refractivity contribution in [2.45, 2.75) is 49.4 Å². The van der Waals surface area contributed by atoms with E-state index in [4.69, 9.17) is 17.5 Å². The minimum atomic E-state index is -3.11. The van der Waals surface area contributed by atoms with Gasteiger partial charge in [0.1, 0.15) is 5.91 Å². The number of nitrogens with one attached hydrogen (secondary N) is 2. The molecule has 4 amide bonds. The first-order chi connectivity index (χ1) is 12.8. The van der Waals surface area contributed by atoms with Gasteiger partial charge in [-0.05, 0) is 12.8 Å². The molecule has 0 aromatic rings. The summed E-state index contributed by atoms with van der Waals surface area (Å²) in [5, 5.41) is 6.69. The summed E-state index contributed by atoms with van der Waals surface area (Å²) < 4.78 is 25.3. The summed E-state index contributed by atoms with van der Waals surface area (Å²) in [6.45, 7) is 0. The maximum absolute atomic E-state index is 11.7. The predicted octanol–water partition coefficient (Wildman–Crippen LogP) is -3.87. The molecule has 3 aliphatic rings. The molecule has 3 aliphatic heterocycles. The van der Waals surface area contributed by atoms with Gasteiger partial charge in [0.05, 0.1) is 12.1 Å². The third kappa shape index (κ3) is 7.28. The molecule has 0 aromatic heterocycles. The molecule has 3 saturated heterocycles. The Morgan fingerprint density at radius 2 is 1.89 bits per heavy atom. The number of thioether (sulfide) groups is 1. The van der Waals surface area contributed by atoms with Gasteiger partial charge in [0.15, 0.2) is 0 Å². The van der Waals surface area contributed by atoms with E-state index in [-0.39, 0.29) is 60.5 Å². The van der Waals surface area contributed by atoms with Crippen molar-refractivity contribution in [1.82, 2.24) is 15.7 Å². The Morgan fingerprint density at radius 3 is 2.50 bits per heavy atom. The second kappa shape index (κ2) is 11.7. The van der Waals surface area contributed by atoms with E-state index in [1.54, 1.807) is 0 Å². The van der Waals surface area contributed by atoms with E-state index in [2.05, 4.69) is 10.6 Å². The van der Waals surface area contributed by atoms with Crippen LogP contribution in [0.3, 0.4) is 0 Å². The van der Waals surface area contributed by atoms with E-state index in [0.29, 0.717) is 16.7 Å². The predicted molar refractivity (Wildman–Crippen MR) is 90.5 cm³/mol. The molecule has 3 rings (SSSR count). The van der Waals surface area contributed by atoms with Crippen LogP contribution in [-0.4, -0.2) is 64.6 Å². The van der Waals surface area contributed by atoms with Crippen molar-refractivity contribution in [3.05, 3.63) is 6.42 Å². The molecular weight excluding hydrogens is 425 g/mol. The van der Waals surface area contributed by atoms with E-state index < -0.39 is 28.4 Å². The van der Waals surface area contributed by atoms with Gasteiger partial charge in [0, 0.05) is 17.4 Å². The third-order valence-corrected chi connectivity index (χ3v) is 5.64. The molecule has 0 aliphatic carbocycles. The number of imide groups is 1. The first-order valence-electron chi connectivity index (χ1n) is 8.14. The van der Waals surface area contributed by atoms with Crippen molar-refractivity contribution < 1.29 is 66.2 Å². The smallest absolute Gasteiger partial charge is 0.333 e. The van der Waals surface area contributed by atoms with Crippen LogP contribution in [0.4, 0.5) is 4.79 Å². The van der Waals surface area contributed by atoms with E-state index in [0.717, 1.165) is 18.6 Å². The molecule has 1 unspecified atom stereocenters. The van der Waals surface area contributed by atoms with Crippen molar-refractivity contribution in [2.75, 3.05) is 5.75 Å². The molecule has 3 fully saturated rings. The van der Waals surface area contributed by atoms with Crippen LogP contribution in [0.2, 0.25) is 0 Å². The standard InChI is InChI=1S/C14H18N3O5S.Na.O3S/c18-10-5-6-11(19)17(10)22-12(20)4-2-1-3-9-13-8(7-23-9)15-14(21)16-13;;1-4(2)3/h5,8-9,13H,1-4,6-7H2,(H2,15,16,21);;/q-1;+1;/t8-,9?,13-;;/m0../s1. The van der Waals surface area contributed by atoms with Crippen LogP contribution in [-0.2, 0) is 29.8 Å². The van der Waals surface area contributed by atoms with Crippen LogP contribution in [0.1, 0.15) is 32.1 Å². The number of urea groups is 1. The van der Waals surface area contributed by atoms with Crippen molar-refractivity contribution in [2.24, 2.45) is 0 Å². The molecule has 3 heterocycles. The van der Waals surface area contributed by atoms with Crippen LogP contribution in [0.25, 0.3) is 0 Å². The molecule has 0 saturated carbocycles. The minimum Gasteiger partial charge on any atom is -0.333 e. The van der Waals surface area contributed by atoms with Gasteiger partial charge in [-0.2, -0.15) is 11.8 Å². The molecule has 3 atom stereocenters. The second-order valence-electron chi connectivity index (χ2n) is 5.97. The number of fused-ring (bicyclic) bond motifs is 1. The number of carbonyl (C=O) groups excluding carboxylic acids is 4. The van der Waals surface area contributed by atoms with Gasteiger partial charge >= 0.3 is 52.2 Å². The number of hydroxylamine groups is 2. The first-order valence-corrected chi connectivity index (χ1v) is 10.2. The van der Waals surface area contributed by atoms with E-state index in [1.807, 2.05) is 11.8 Å². The van der Waals surface area contributed by atoms with Gasteiger partial charge in [-0.1, -0.05) is 12.8 Å². The van der Waals surface area contributed by atoms with Crippen molar-refractivity contribution in [3.63, 3.8) is 0 Å². The summed E-state index contributed by atoms with van der Waals surface area (Å²) in [4.78, 5) is 50.3. The molecule has 28 heavy (non-hydrogen) atoms. The van der Waals surface area contributed by atoms with Crippen LogP contribution in [0.15, 0.2) is 0 Å². The Labute approximate surface area is 189 Å². The summed E-state index contributed by atoms with van der Waals surface area (Å²) in [5.41, 5.74) is 0. The average Bonchev–Trinajstić information content (AvgIpc) is 3.21. The normalized spacial score (nSPS) is 24.8. The Bertz CT molecular complexity index is 709. The van der Waals surface area contributed by atoms with Crippen molar-refractivity contribution >= 4 is 46.2 Å². The van der Waals surface area contributed by atoms with E-state index in [1.165, 1.54) is 6.42 Å². The maximum Gasteiger partial charge on any atom is 1.00 e. The monoisotopic (exact) mass is 443 g/mol. The van der Waals surface area contributed by atoms with Gasteiger partial charge in [-0.15, -0.1) is 17.7 Å². The second-order valence-corrected chi connectivity index (χ2v) is 7.65. The molecule has 11 nitrogen and oxygen atoms in total. The number of rotatable bonds is 6. The van der Waals surface area contributed by atoms with Gasteiger partial charge in [-0.25, -0.2) is 9.59 Å². The largest absolute Gasteiger partial charge is 1.00 e. The average molecular weight is 443 g/mol. The topological polar surface area (TPSA) is 156 Å². The van der Waals surface area contributed by atoms with Gasteiger partial charge in [0.25, 0.3) is 0 Å². The zero-order chi connectivity index (χ0) is 20.0. The van der Waals surface area contributed by atoms with E-state index in [9.17, 15) is 19.2 Å². The number of carbonyl (C=O) groups is 4. The van der Waals surface area contributed by atoms with Crippen LogP contribution < -0.4 is 40.2 Å². The van der Waals surface area contributed by atoms with Gasteiger partial charge < -0.3 is 20.3 Å². The number of unbranched alkanes of at least 4 members (excludes halogenated alkanes) is 1. The molecule has 0 radical (unpaired) electrons. The fourth-order valence-electron chi connectivity index (χ4n) is 2.96. The molecule has 150 valence electrons. The molecule has 0 bridgehead atoms. The molecule has 14 heteroatoms. The number of hydrogen-bond acceptors (Lipinski definition) is 9. The first kappa shape index (κ1) is 24.8. The Balaban J connectivity index is 0.000000717. The Hall–Kier alpha value is -1.28. The third-order valence-electron chi connectivity index (χ3n) is 4.13. The van der Waals surface area contributed by atoms with Crippen LogP contribution in [0.5, 0.6) is 0 Å². The zero-order valence-corrected chi connectivity index (χ0v) is 18.7. The number of nitrogens with zero attached hydrogens (tertiary/aromatic N) is 1. The number of hydrogen-bond donors (Lipinski definition) is 2. The van der Waals surface area contributed by atoms with Crippen LogP contribution in [0, 0.1) is 6.42 Å². The van der Waals surface area contributed by atoms with E-state index >= 15 is 0 Å². The summed E-state index contributed by atoms with van der Waals surface area (Å²) in [6.07, 6.45) is 3.67. The Morgan fingerprint density at radius 1 is 1.21 bits per heavy atom. The molecule has 0 aromatic carbocycles. The summed E-state index contributed by atoms with van der Waals surface area (Å²) in [5.74, 6) is -0.761. The van der Waals surface area contributed by atoms with Gasteiger partial charge in [-0.3, -0.25) is 11.2 Å². The Kier molecular flexibility index (Phi) is 10.3. The zero-order valence-electron chi connectivity index (χ0n) is 15.1. The fourth-order valence-corrected chi connectivity index (χ4v) is 4.51. The van der Waals surface area contributed by atoms with Crippen molar-refractivity contribution in [3.8, 4) is 0 Å². The molecule has 2 N–H and O–H groups in total. The summed E-state index contributed by atoms with van der Waals surface area (Å²) in [6, 6.07) is 0.256. The fraction of sp³-hybridized carbons (Fsp3) is 0.643. The minimum absolute atomic E-state index is 0. The van der Waals surface area contributed by atoms with Crippen molar-refractivity contribution in [1.29, 1.82) is 0 Å². The molecular formula is C14H18N3NaO8S2. The number of amides is 4. The molecule has 0 spiro atoms. The van der Waals surface area contributed by atoms with Gasteiger partial charge in [0.2, 0.25) is 5.91 Å². The maximum atomic E-state index is 11.7. The summed E-state index contributed by atoms with van der Waals surface area (Å²) in [7, 11) is -3.11.